The van der Waals surface area contributed by atoms with Gasteiger partial charge >= 0.3 is 5.69 Å². The summed E-state index contributed by atoms with van der Waals surface area (Å²) < 4.78 is 36.3. The van der Waals surface area contributed by atoms with E-state index in [1.165, 1.54) is 4.57 Å². The molecule has 0 aliphatic carbocycles. The lowest BCUT2D eigenvalue weighted by Crippen LogP contribution is -2.20. The molecule has 1 saturated heterocycles. The van der Waals surface area contributed by atoms with Gasteiger partial charge in [0, 0.05) is 29.0 Å². The van der Waals surface area contributed by atoms with E-state index in [4.69, 9.17) is 4.74 Å². The fraction of sp³-hybridized carbons (Fsp3) is 0.400. The summed E-state index contributed by atoms with van der Waals surface area (Å²) in [5.41, 5.74) is 1.78. The first-order valence-corrected chi connectivity index (χ1v) is 12.8. The summed E-state index contributed by atoms with van der Waals surface area (Å²) in [7, 11) is -3.87. The van der Waals surface area contributed by atoms with E-state index in [1.54, 1.807) is 47.4 Å². The monoisotopic (exact) mass is 465 g/mol. The predicted octanol–water partition coefficient (Wildman–Crippen LogP) is 3.73. The molecule has 1 aromatic rings. The van der Waals surface area contributed by atoms with Crippen molar-refractivity contribution >= 4 is 38.9 Å². The highest BCUT2D eigenvalue weighted by Gasteiger charge is 2.28. The molecule has 0 atom stereocenters. The van der Waals surface area contributed by atoms with Gasteiger partial charge in [-0.3, -0.25) is 9.29 Å². The molecule has 3 aliphatic heterocycles. The van der Waals surface area contributed by atoms with E-state index in [-0.39, 0.29) is 10.7 Å². The Morgan fingerprint density at radius 2 is 1.83 bits per heavy atom. The second kappa shape index (κ2) is 8.33. The highest BCUT2D eigenvalue weighted by Crippen LogP contribution is 2.42. The van der Waals surface area contributed by atoms with Crippen molar-refractivity contribution in [2.75, 3.05) is 17.9 Å². The molecule has 7 nitrogen and oxygen atoms in total. The highest BCUT2D eigenvalue weighted by atomic mass is 32.2. The summed E-state index contributed by atoms with van der Waals surface area (Å²) >= 11 is 3.24. The lowest BCUT2D eigenvalue weighted by molar-refractivity contribution is 0.100. The van der Waals surface area contributed by atoms with Crippen molar-refractivity contribution in [2.24, 2.45) is 0 Å². The van der Waals surface area contributed by atoms with Crippen molar-refractivity contribution in [1.29, 1.82) is 0 Å². The smallest absolute Gasteiger partial charge is 0.354 e. The number of rotatable bonds is 5. The fourth-order valence-corrected chi connectivity index (χ4v) is 7.13. The van der Waals surface area contributed by atoms with E-state index >= 15 is 0 Å². The fourth-order valence-electron chi connectivity index (χ4n) is 3.32. The number of imidazole rings is 1. The molecule has 1 N–H and O–H groups in total. The molecule has 0 spiro atoms. The Hall–Kier alpha value is -1.88. The van der Waals surface area contributed by atoms with E-state index < -0.39 is 15.7 Å². The third-order valence-corrected chi connectivity index (χ3v) is 9.22. The first-order valence-electron chi connectivity index (χ1n) is 9.63. The summed E-state index contributed by atoms with van der Waals surface area (Å²) in [6.07, 6.45) is 1.83. The molecule has 1 aromatic carbocycles. The van der Waals surface area contributed by atoms with Crippen molar-refractivity contribution in [2.45, 2.75) is 48.0 Å². The first-order chi connectivity index (χ1) is 14.3. The SMILES string of the molecule is Cc1ccc(S(=O)(=O)Nc2nc(=O)n3c(C)c(C)sc(SC4CCOCC4)c2-3)cc1. The Kier molecular flexibility index (Phi) is 5.93. The van der Waals surface area contributed by atoms with E-state index in [1.807, 2.05) is 20.8 Å². The van der Waals surface area contributed by atoms with Gasteiger partial charge in [-0.2, -0.15) is 4.98 Å². The standard InChI is InChI=1S/C20H23N3O4S3/c1-12-4-6-16(7-5-12)30(25,26)22-18-17-19(29-15-8-10-27-11-9-15)28-14(3)13(2)23(17)20(24)21-18/h4-7,15H,8-11H2,1-3H3,(H,21,22,24). The first kappa shape index (κ1) is 21.4. The maximum absolute atomic E-state index is 12.9. The van der Waals surface area contributed by atoms with Crippen LogP contribution in [-0.4, -0.2) is 36.4 Å². The van der Waals surface area contributed by atoms with Gasteiger partial charge < -0.3 is 4.74 Å². The van der Waals surface area contributed by atoms with Gasteiger partial charge in [0.2, 0.25) is 0 Å². The average molecular weight is 466 g/mol. The number of nitrogens with zero attached hydrogens (tertiary/aromatic N) is 2. The van der Waals surface area contributed by atoms with Crippen LogP contribution >= 0.6 is 23.1 Å². The lowest BCUT2D eigenvalue weighted by atomic mass is 10.2. The van der Waals surface area contributed by atoms with Crippen molar-refractivity contribution in [3.8, 4) is 5.69 Å². The van der Waals surface area contributed by atoms with Crippen molar-refractivity contribution in [3.05, 3.63) is 50.9 Å². The second-order valence-electron chi connectivity index (χ2n) is 7.31. The Morgan fingerprint density at radius 1 is 1.17 bits per heavy atom. The van der Waals surface area contributed by atoms with E-state index in [2.05, 4.69) is 9.71 Å². The Labute approximate surface area is 183 Å². The van der Waals surface area contributed by atoms with Crippen LogP contribution in [0.15, 0.2) is 38.2 Å². The minimum absolute atomic E-state index is 0.0782. The van der Waals surface area contributed by atoms with Gasteiger partial charge in [0.1, 0.15) is 5.69 Å². The van der Waals surface area contributed by atoms with Crippen LogP contribution in [0.2, 0.25) is 0 Å². The number of aryl methyl sites for hydroxylation is 2. The Balaban J connectivity index is 1.78. The molecule has 30 heavy (non-hydrogen) atoms. The maximum atomic E-state index is 12.9. The number of fused-ring (bicyclic) bond motifs is 1. The number of nitrogens with one attached hydrogen (secondary N) is 1. The number of aromatic nitrogens is 2. The van der Waals surface area contributed by atoms with Gasteiger partial charge in [0.15, 0.2) is 5.82 Å². The largest absolute Gasteiger partial charge is 0.381 e. The molecule has 0 aromatic heterocycles. The number of benzene rings is 1. The van der Waals surface area contributed by atoms with E-state index in [0.717, 1.165) is 33.2 Å². The molecule has 3 aliphatic rings. The van der Waals surface area contributed by atoms with Crippen LogP contribution in [0.3, 0.4) is 0 Å². The zero-order valence-electron chi connectivity index (χ0n) is 17.0. The van der Waals surface area contributed by atoms with Crippen LogP contribution in [-0.2, 0) is 14.8 Å². The maximum Gasteiger partial charge on any atom is 0.354 e. The predicted molar refractivity (Wildman–Crippen MR) is 120 cm³/mol. The quantitative estimate of drug-likeness (QED) is 0.618. The third-order valence-electron chi connectivity index (χ3n) is 5.14. The molecule has 0 bridgehead atoms. The zero-order chi connectivity index (χ0) is 21.5. The molecule has 0 saturated carbocycles. The number of anilines is 1. The van der Waals surface area contributed by atoms with Gasteiger partial charge in [-0.1, -0.05) is 17.7 Å². The number of sulfonamides is 1. The molecule has 160 valence electrons. The van der Waals surface area contributed by atoms with Gasteiger partial charge in [-0.15, -0.1) is 23.1 Å². The second-order valence-corrected chi connectivity index (χ2v) is 11.8. The van der Waals surface area contributed by atoms with Crippen LogP contribution < -0.4 is 10.4 Å². The van der Waals surface area contributed by atoms with Gasteiger partial charge in [0.05, 0.1) is 9.10 Å². The number of ether oxygens (including phenoxy) is 1. The van der Waals surface area contributed by atoms with Gasteiger partial charge in [-0.25, -0.2) is 13.2 Å². The molecule has 10 heteroatoms. The van der Waals surface area contributed by atoms with Crippen LogP contribution in [0.1, 0.15) is 29.0 Å². The van der Waals surface area contributed by atoms with Gasteiger partial charge in [0.25, 0.3) is 10.0 Å². The van der Waals surface area contributed by atoms with Crippen LogP contribution in [0.5, 0.6) is 0 Å². The van der Waals surface area contributed by atoms with Crippen molar-refractivity contribution in [3.63, 3.8) is 0 Å². The number of hydrogen-bond donors (Lipinski definition) is 1. The van der Waals surface area contributed by atoms with E-state index in [9.17, 15) is 13.2 Å². The normalized spacial score (nSPS) is 15.6. The minimum Gasteiger partial charge on any atom is -0.381 e. The van der Waals surface area contributed by atoms with E-state index in [0.29, 0.717) is 24.2 Å². The average Bonchev–Trinajstić information content (AvgIpc) is 3.02. The molecular weight excluding hydrogens is 442 g/mol. The molecule has 4 rings (SSSR count). The van der Waals surface area contributed by atoms with Crippen molar-refractivity contribution < 1.29 is 13.2 Å². The van der Waals surface area contributed by atoms with Crippen LogP contribution in [0, 0.1) is 20.8 Å². The Morgan fingerprint density at radius 3 is 2.50 bits per heavy atom. The molecule has 3 heterocycles. The van der Waals surface area contributed by atoms with Crippen LogP contribution in [0.4, 0.5) is 5.82 Å². The summed E-state index contributed by atoms with van der Waals surface area (Å²) in [4.78, 5) is 17.9. The number of thioether (sulfide) groups is 1. The molecule has 0 amide bonds. The molecular formula is C20H23N3O4S3. The molecule has 1 fully saturated rings. The molecule has 0 radical (unpaired) electrons. The number of hydrogen-bond acceptors (Lipinski definition) is 7. The summed E-state index contributed by atoms with van der Waals surface area (Å²) in [5.74, 6) is 0.0782. The van der Waals surface area contributed by atoms with Crippen molar-refractivity contribution in [1.82, 2.24) is 9.55 Å². The van der Waals surface area contributed by atoms with Crippen LogP contribution in [0.25, 0.3) is 5.69 Å². The molecule has 0 unspecified atom stereocenters. The van der Waals surface area contributed by atoms with Gasteiger partial charge in [-0.05, 0) is 45.7 Å². The third kappa shape index (κ3) is 4.14. The lowest BCUT2D eigenvalue weighted by Gasteiger charge is -2.23. The minimum atomic E-state index is -3.87. The Bertz CT molecular complexity index is 1190. The highest BCUT2D eigenvalue weighted by molar-refractivity contribution is 8.01. The zero-order valence-corrected chi connectivity index (χ0v) is 19.4. The topological polar surface area (TPSA) is 90.3 Å². The summed E-state index contributed by atoms with van der Waals surface area (Å²) in [6, 6.07) is 6.56. The summed E-state index contributed by atoms with van der Waals surface area (Å²) in [6.45, 7) is 7.12. The summed E-state index contributed by atoms with van der Waals surface area (Å²) in [5, 5.41) is 0.354.